The molecule has 0 saturated carbocycles. The zero-order valence-electron chi connectivity index (χ0n) is 13.6. The molecule has 126 valence electrons. The van der Waals surface area contributed by atoms with Gasteiger partial charge in [-0.1, -0.05) is 12.1 Å². The highest BCUT2D eigenvalue weighted by atomic mass is 19.1. The van der Waals surface area contributed by atoms with E-state index in [-0.39, 0.29) is 5.82 Å². The number of nitrogens with two attached hydrogens (primary N) is 1. The minimum absolute atomic E-state index is 0.314. The summed E-state index contributed by atoms with van der Waals surface area (Å²) in [7, 11) is 1.58. The maximum atomic E-state index is 13.1. The summed E-state index contributed by atoms with van der Waals surface area (Å²) < 4.78 is 25.7. The van der Waals surface area contributed by atoms with Gasteiger partial charge in [-0.15, -0.1) is 0 Å². The molecule has 0 saturated heterocycles. The summed E-state index contributed by atoms with van der Waals surface area (Å²) in [4.78, 5) is 0. The molecule has 2 aromatic carbocycles. The highest BCUT2D eigenvalue weighted by Crippen LogP contribution is 2.32. The molecule has 0 bridgehead atoms. The monoisotopic (exact) mass is 337 g/mol. The molecule has 0 amide bonds. The summed E-state index contributed by atoms with van der Waals surface area (Å²) in [6.45, 7) is 0.339. The van der Waals surface area contributed by atoms with Crippen LogP contribution in [0, 0.1) is 17.1 Å². The molecule has 3 rings (SSSR count). The molecule has 3 aromatic rings. The van der Waals surface area contributed by atoms with Crippen LogP contribution in [0.3, 0.4) is 0 Å². The van der Waals surface area contributed by atoms with E-state index in [2.05, 4.69) is 6.07 Å². The van der Waals surface area contributed by atoms with Crippen molar-refractivity contribution in [2.75, 3.05) is 12.8 Å². The molecule has 6 heteroatoms. The molecule has 0 unspecified atom stereocenters. The fourth-order valence-corrected chi connectivity index (χ4v) is 2.44. The van der Waals surface area contributed by atoms with E-state index in [0.29, 0.717) is 35.3 Å². The number of hydrogen-bond acceptors (Lipinski definition) is 4. The van der Waals surface area contributed by atoms with Crippen LogP contribution in [0.4, 0.5) is 10.1 Å². The van der Waals surface area contributed by atoms with Gasteiger partial charge in [0, 0.05) is 6.07 Å². The fraction of sp³-hybridized carbons (Fsp3) is 0.105. The SMILES string of the molecule is COc1ccc(Oc2c(N)cc(C#N)n2Cc2ccc(F)cc2)cc1. The highest BCUT2D eigenvalue weighted by Gasteiger charge is 2.16. The smallest absolute Gasteiger partial charge is 0.224 e. The van der Waals surface area contributed by atoms with Crippen molar-refractivity contribution >= 4 is 5.69 Å². The summed E-state index contributed by atoms with van der Waals surface area (Å²) >= 11 is 0. The third-order valence-corrected chi connectivity index (χ3v) is 3.72. The fourth-order valence-electron chi connectivity index (χ4n) is 2.44. The first-order chi connectivity index (χ1) is 12.1. The molecule has 1 heterocycles. The van der Waals surface area contributed by atoms with Gasteiger partial charge in [0.15, 0.2) is 0 Å². The van der Waals surface area contributed by atoms with Gasteiger partial charge in [-0.05, 0) is 42.0 Å². The number of methoxy groups -OCH3 is 1. The van der Waals surface area contributed by atoms with Gasteiger partial charge in [-0.25, -0.2) is 4.39 Å². The van der Waals surface area contributed by atoms with E-state index in [1.54, 1.807) is 54.1 Å². The molecule has 0 atom stereocenters. The standard InChI is InChI=1S/C19H16FN3O2/c1-24-16-6-8-17(9-7-16)25-19-18(22)10-15(11-21)23(19)12-13-2-4-14(20)5-3-13/h2-10H,12,22H2,1H3. The Bertz CT molecular complexity index is 910. The van der Waals surface area contributed by atoms with Crippen LogP contribution in [-0.4, -0.2) is 11.7 Å². The maximum Gasteiger partial charge on any atom is 0.224 e. The molecule has 2 N–H and O–H groups in total. The van der Waals surface area contributed by atoms with Crippen molar-refractivity contribution in [3.63, 3.8) is 0 Å². The number of ether oxygens (including phenoxy) is 2. The van der Waals surface area contributed by atoms with Crippen molar-refractivity contribution in [3.05, 3.63) is 71.7 Å². The first kappa shape index (κ1) is 16.4. The van der Waals surface area contributed by atoms with E-state index in [4.69, 9.17) is 15.2 Å². The summed E-state index contributed by atoms with van der Waals surface area (Å²) in [5, 5.41) is 9.35. The average molecular weight is 337 g/mol. The molecule has 0 aliphatic carbocycles. The van der Waals surface area contributed by atoms with E-state index >= 15 is 0 Å². The molecule has 0 radical (unpaired) electrons. The zero-order valence-corrected chi connectivity index (χ0v) is 13.6. The molecule has 0 aliphatic heterocycles. The topological polar surface area (TPSA) is 73.2 Å². The third-order valence-electron chi connectivity index (χ3n) is 3.72. The van der Waals surface area contributed by atoms with E-state index in [1.807, 2.05) is 0 Å². The average Bonchev–Trinajstić information content (AvgIpc) is 2.93. The van der Waals surface area contributed by atoms with Crippen LogP contribution in [0.1, 0.15) is 11.3 Å². The van der Waals surface area contributed by atoms with Crippen molar-refractivity contribution in [1.82, 2.24) is 4.57 Å². The van der Waals surface area contributed by atoms with Crippen LogP contribution in [0.5, 0.6) is 17.4 Å². The van der Waals surface area contributed by atoms with Gasteiger partial charge in [0.05, 0.1) is 19.3 Å². The highest BCUT2D eigenvalue weighted by molar-refractivity contribution is 5.57. The Morgan fingerprint density at radius 2 is 1.72 bits per heavy atom. The second-order valence-corrected chi connectivity index (χ2v) is 5.39. The van der Waals surface area contributed by atoms with Crippen molar-refractivity contribution in [3.8, 4) is 23.4 Å². The second kappa shape index (κ2) is 6.97. The zero-order chi connectivity index (χ0) is 17.8. The van der Waals surface area contributed by atoms with Gasteiger partial charge in [0.2, 0.25) is 5.88 Å². The third kappa shape index (κ3) is 3.56. The van der Waals surface area contributed by atoms with Gasteiger partial charge in [-0.2, -0.15) is 5.26 Å². The molecular formula is C19H16FN3O2. The van der Waals surface area contributed by atoms with Gasteiger partial charge in [0.25, 0.3) is 0 Å². The minimum atomic E-state index is -0.314. The Kier molecular flexibility index (Phi) is 4.57. The molecular weight excluding hydrogens is 321 g/mol. The van der Waals surface area contributed by atoms with E-state index in [0.717, 1.165) is 5.56 Å². The van der Waals surface area contributed by atoms with Gasteiger partial charge in [0.1, 0.15) is 29.1 Å². The predicted octanol–water partition coefficient (Wildman–Crippen LogP) is 3.93. The molecule has 5 nitrogen and oxygen atoms in total. The van der Waals surface area contributed by atoms with Crippen molar-refractivity contribution in [2.24, 2.45) is 0 Å². The minimum Gasteiger partial charge on any atom is -0.497 e. The van der Waals surface area contributed by atoms with E-state index in [9.17, 15) is 9.65 Å². The summed E-state index contributed by atoms with van der Waals surface area (Å²) in [5.41, 5.74) is 7.57. The number of nitrogen functional groups attached to an aromatic ring is 1. The number of hydrogen-bond donors (Lipinski definition) is 1. The van der Waals surface area contributed by atoms with E-state index < -0.39 is 0 Å². The molecule has 25 heavy (non-hydrogen) atoms. The number of aromatic nitrogens is 1. The number of nitrogens with zero attached hydrogens (tertiary/aromatic N) is 2. The molecule has 0 fully saturated rings. The normalized spacial score (nSPS) is 10.3. The van der Waals surface area contributed by atoms with E-state index in [1.165, 1.54) is 12.1 Å². The number of benzene rings is 2. The first-order valence-electron chi connectivity index (χ1n) is 7.56. The Hall–Kier alpha value is -3.46. The predicted molar refractivity (Wildman–Crippen MR) is 92.1 cm³/mol. The number of halogens is 1. The Labute approximate surface area is 144 Å². The summed E-state index contributed by atoms with van der Waals surface area (Å²) in [6, 6.07) is 16.8. The van der Waals surface area contributed by atoms with Gasteiger partial charge >= 0.3 is 0 Å². The van der Waals surface area contributed by atoms with Crippen LogP contribution in [-0.2, 0) is 6.54 Å². The lowest BCUT2D eigenvalue weighted by molar-refractivity contribution is 0.410. The van der Waals surface area contributed by atoms with Crippen LogP contribution in [0.25, 0.3) is 0 Å². The van der Waals surface area contributed by atoms with Crippen molar-refractivity contribution < 1.29 is 13.9 Å². The van der Waals surface area contributed by atoms with Crippen molar-refractivity contribution in [2.45, 2.75) is 6.54 Å². The Balaban J connectivity index is 1.93. The number of rotatable bonds is 5. The molecule has 0 spiro atoms. The van der Waals surface area contributed by atoms with Crippen LogP contribution >= 0.6 is 0 Å². The number of anilines is 1. The van der Waals surface area contributed by atoms with Crippen LogP contribution < -0.4 is 15.2 Å². The summed E-state index contributed by atoms with van der Waals surface area (Å²) in [6.07, 6.45) is 0. The lowest BCUT2D eigenvalue weighted by atomic mass is 10.2. The maximum absolute atomic E-state index is 13.1. The Morgan fingerprint density at radius 3 is 2.32 bits per heavy atom. The van der Waals surface area contributed by atoms with Crippen molar-refractivity contribution in [1.29, 1.82) is 5.26 Å². The van der Waals surface area contributed by atoms with Crippen LogP contribution in [0.2, 0.25) is 0 Å². The lowest BCUT2D eigenvalue weighted by Crippen LogP contribution is -2.05. The van der Waals surface area contributed by atoms with Gasteiger partial charge < -0.3 is 15.2 Å². The number of nitriles is 1. The van der Waals surface area contributed by atoms with Crippen LogP contribution in [0.15, 0.2) is 54.6 Å². The molecule has 1 aromatic heterocycles. The van der Waals surface area contributed by atoms with Gasteiger partial charge in [-0.3, -0.25) is 4.57 Å². The Morgan fingerprint density at radius 1 is 1.08 bits per heavy atom. The molecule has 0 aliphatic rings. The summed E-state index contributed by atoms with van der Waals surface area (Å²) in [5.74, 6) is 1.33. The second-order valence-electron chi connectivity index (χ2n) is 5.39. The largest absolute Gasteiger partial charge is 0.497 e. The first-order valence-corrected chi connectivity index (χ1v) is 7.56. The lowest BCUT2D eigenvalue weighted by Gasteiger charge is -2.13. The quantitative estimate of drug-likeness (QED) is 0.765.